The number of aryl methyl sites for hydroxylation is 1. The summed E-state index contributed by atoms with van der Waals surface area (Å²) in [6.45, 7) is 11.7. The van der Waals surface area contributed by atoms with Gasteiger partial charge in [0.05, 0.1) is 6.10 Å². The molecular formula is C18H28ClNO. The summed E-state index contributed by atoms with van der Waals surface area (Å²) in [5, 5.41) is 4.51. The van der Waals surface area contributed by atoms with Crippen molar-refractivity contribution in [3.63, 3.8) is 0 Å². The topological polar surface area (TPSA) is 21.3 Å². The van der Waals surface area contributed by atoms with E-state index in [0.717, 1.165) is 37.6 Å². The number of rotatable bonds is 6. The Labute approximate surface area is 134 Å². The predicted octanol–water partition coefficient (Wildman–Crippen LogP) is 4.23. The largest absolute Gasteiger partial charge is 0.378 e. The van der Waals surface area contributed by atoms with E-state index in [1.807, 2.05) is 0 Å². The van der Waals surface area contributed by atoms with Crippen molar-refractivity contribution in [2.45, 2.75) is 46.6 Å². The van der Waals surface area contributed by atoms with E-state index in [0.29, 0.717) is 5.92 Å². The number of hydrogen-bond acceptors (Lipinski definition) is 2. The lowest BCUT2D eigenvalue weighted by Crippen LogP contribution is -2.42. The summed E-state index contributed by atoms with van der Waals surface area (Å²) in [4.78, 5) is 0. The van der Waals surface area contributed by atoms with Gasteiger partial charge in [0.1, 0.15) is 0 Å². The summed E-state index contributed by atoms with van der Waals surface area (Å²) in [5.74, 6) is 0.669. The van der Waals surface area contributed by atoms with Gasteiger partial charge in [-0.3, -0.25) is 0 Å². The third kappa shape index (κ3) is 4.21. The van der Waals surface area contributed by atoms with Gasteiger partial charge in [0.25, 0.3) is 0 Å². The van der Waals surface area contributed by atoms with Crippen LogP contribution in [0, 0.1) is 18.3 Å². The Bertz CT molecular complexity index is 474. The van der Waals surface area contributed by atoms with Crippen molar-refractivity contribution in [1.82, 2.24) is 5.32 Å². The fraction of sp³-hybridized carbons (Fsp3) is 0.667. The van der Waals surface area contributed by atoms with E-state index in [4.69, 9.17) is 16.3 Å². The lowest BCUT2D eigenvalue weighted by Gasteiger charge is -2.33. The van der Waals surface area contributed by atoms with Crippen LogP contribution in [0.1, 0.15) is 38.3 Å². The van der Waals surface area contributed by atoms with Crippen LogP contribution in [-0.4, -0.2) is 25.8 Å². The Hall–Kier alpha value is -0.570. The van der Waals surface area contributed by atoms with E-state index in [-0.39, 0.29) is 11.5 Å². The van der Waals surface area contributed by atoms with Gasteiger partial charge >= 0.3 is 0 Å². The van der Waals surface area contributed by atoms with Gasteiger partial charge in [0, 0.05) is 23.6 Å². The first-order chi connectivity index (χ1) is 9.93. The smallest absolute Gasteiger partial charge is 0.0619 e. The van der Waals surface area contributed by atoms with Gasteiger partial charge in [-0.15, -0.1) is 0 Å². The van der Waals surface area contributed by atoms with E-state index in [2.05, 4.69) is 51.2 Å². The SMILES string of the molecule is Cc1ccc(CC2(CNCC(C)C)CCOC2C)c(Cl)c1. The maximum atomic E-state index is 6.44. The Balaban J connectivity index is 2.12. The molecule has 2 nitrogen and oxygen atoms in total. The average Bonchev–Trinajstić information content (AvgIpc) is 2.74. The molecule has 3 heteroatoms. The molecule has 0 aliphatic carbocycles. The number of hydrogen-bond donors (Lipinski definition) is 1. The van der Waals surface area contributed by atoms with Crippen molar-refractivity contribution in [1.29, 1.82) is 0 Å². The quantitative estimate of drug-likeness (QED) is 0.849. The fourth-order valence-electron chi connectivity index (χ4n) is 3.13. The number of ether oxygens (including phenoxy) is 1. The molecule has 21 heavy (non-hydrogen) atoms. The van der Waals surface area contributed by atoms with Crippen LogP contribution in [0.4, 0.5) is 0 Å². The zero-order chi connectivity index (χ0) is 15.5. The molecular weight excluding hydrogens is 282 g/mol. The zero-order valence-electron chi connectivity index (χ0n) is 13.7. The van der Waals surface area contributed by atoms with Crippen LogP contribution in [-0.2, 0) is 11.2 Å². The molecule has 0 amide bonds. The maximum absolute atomic E-state index is 6.44. The molecule has 0 radical (unpaired) electrons. The van der Waals surface area contributed by atoms with Crippen molar-refractivity contribution in [2.24, 2.45) is 11.3 Å². The molecule has 0 aromatic heterocycles. The van der Waals surface area contributed by atoms with Gasteiger partial charge in [-0.25, -0.2) is 0 Å². The second-order valence-electron chi connectivity index (χ2n) is 6.92. The first-order valence-corrected chi connectivity index (χ1v) is 8.38. The molecule has 2 unspecified atom stereocenters. The second kappa shape index (κ2) is 7.13. The van der Waals surface area contributed by atoms with Crippen LogP contribution in [0.5, 0.6) is 0 Å². The molecule has 1 aliphatic rings. The van der Waals surface area contributed by atoms with Gasteiger partial charge in [-0.2, -0.15) is 0 Å². The number of halogens is 1. The normalized spacial score (nSPS) is 25.7. The summed E-state index contributed by atoms with van der Waals surface area (Å²) in [6.07, 6.45) is 2.36. The van der Waals surface area contributed by atoms with E-state index >= 15 is 0 Å². The summed E-state index contributed by atoms with van der Waals surface area (Å²) < 4.78 is 5.88. The van der Waals surface area contributed by atoms with E-state index in [1.54, 1.807) is 0 Å². The molecule has 1 heterocycles. The van der Waals surface area contributed by atoms with Gasteiger partial charge in [0.15, 0.2) is 0 Å². The monoisotopic (exact) mass is 309 g/mol. The highest BCUT2D eigenvalue weighted by Gasteiger charge is 2.41. The van der Waals surface area contributed by atoms with Crippen molar-refractivity contribution >= 4 is 11.6 Å². The summed E-state index contributed by atoms with van der Waals surface area (Å²) >= 11 is 6.44. The fourth-order valence-corrected chi connectivity index (χ4v) is 3.43. The Morgan fingerprint density at radius 1 is 1.43 bits per heavy atom. The van der Waals surface area contributed by atoms with Crippen molar-refractivity contribution in [3.05, 3.63) is 34.3 Å². The molecule has 2 rings (SSSR count). The van der Waals surface area contributed by atoms with E-state index in [1.165, 1.54) is 11.1 Å². The Kier molecular flexibility index (Phi) is 5.70. The molecule has 2 atom stereocenters. The van der Waals surface area contributed by atoms with Crippen LogP contribution in [0.3, 0.4) is 0 Å². The van der Waals surface area contributed by atoms with Gasteiger partial charge in [0.2, 0.25) is 0 Å². The standard InChI is InChI=1S/C18H28ClNO/c1-13(2)11-20-12-18(7-8-21-15(18)4)10-16-6-5-14(3)9-17(16)19/h5-6,9,13,15,20H,7-8,10-12H2,1-4H3. The highest BCUT2D eigenvalue weighted by Crippen LogP contribution is 2.39. The van der Waals surface area contributed by atoms with E-state index < -0.39 is 0 Å². The highest BCUT2D eigenvalue weighted by atomic mass is 35.5. The third-order valence-corrected chi connectivity index (χ3v) is 4.96. The van der Waals surface area contributed by atoms with Crippen LogP contribution in [0.2, 0.25) is 5.02 Å². The zero-order valence-corrected chi connectivity index (χ0v) is 14.5. The van der Waals surface area contributed by atoms with Crippen LogP contribution < -0.4 is 5.32 Å². The van der Waals surface area contributed by atoms with Crippen molar-refractivity contribution in [2.75, 3.05) is 19.7 Å². The molecule has 1 fully saturated rings. The first kappa shape index (κ1) is 16.8. The molecule has 1 N–H and O–H groups in total. The minimum atomic E-state index is 0.161. The molecule has 1 aliphatic heterocycles. The Morgan fingerprint density at radius 2 is 2.19 bits per heavy atom. The van der Waals surface area contributed by atoms with Crippen molar-refractivity contribution in [3.8, 4) is 0 Å². The van der Waals surface area contributed by atoms with Gasteiger partial charge in [-0.1, -0.05) is 37.6 Å². The van der Waals surface area contributed by atoms with E-state index in [9.17, 15) is 0 Å². The minimum Gasteiger partial charge on any atom is -0.378 e. The highest BCUT2D eigenvalue weighted by molar-refractivity contribution is 6.31. The van der Waals surface area contributed by atoms with Crippen molar-refractivity contribution < 1.29 is 4.74 Å². The van der Waals surface area contributed by atoms with Gasteiger partial charge < -0.3 is 10.1 Å². The molecule has 1 aromatic carbocycles. The summed E-state index contributed by atoms with van der Waals surface area (Å²) in [5.41, 5.74) is 2.62. The van der Waals surface area contributed by atoms with Crippen LogP contribution in [0.25, 0.3) is 0 Å². The van der Waals surface area contributed by atoms with Gasteiger partial charge in [-0.05, 0) is 56.3 Å². The summed E-state index contributed by atoms with van der Waals surface area (Å²) in [7, 11) is 0. The molecule has 118 valence electrons. The average molecular weight is 310 g/mol. The molecule has 0 bridgehead atoms. The Morgan fingerprint density at radius 3 is 2.76 bits per heavy atom. The van der Waals surface area contributed by atoms with Crippen LogP contribution in [0.15, 0.2) is 18.2 Å². The maximum Gasteiger partial charge on any atom is 0.0619 e. The van der Waals surface area contributed by atoms with Crippen LogP contribution >= 0.6 is 11.6 Å². The minimum absolute atomic E-state index is 0.161. The predicted molar refractivity (Wildman–Crippen MR) is 90.1 cm³/mol. The third-order valence-electron chi connectivity index (χ3n) is 4.61. The lowest BCUT2D eigenvalue weighted by atomic mass is 9.76. The number of benzene rings is 1. The first-order valence-electron chi connectivity index (χ1n) is 8.00. The number of nitrogens with one attached hydrogen (secondary N) is 1. The summed E-state index contributed by atoms with van der Waals surface area (Å²) in [6, 6.07) is 6.39. The lowest BCUT2D eigenvalue weighted by molar-refractivity contribution is 0.0627. The second-order valence-corrected chi connectivity index (χ2v) is 7.33. The molecule has 0 spiro atoms. The molecule has 1 aromatic rings. The molecule has 1 saturated heterocycles. The molecule has 0 saturated carbocycles.